The molecule has 1 aromatic rings. The highest BCUT2D eigenvalue weighted by molar-refractivity contribution is 5.93. The largest absolute Gasteiger partial charge is 0.330 e. The average molecular weight is 234 g/mol. The number of nitrogens with one attached hydrogen (secondary N) is 1. The van der Waals surface area contributed by atoms with E-state index >= 15 is 0 Å². The molecule has 1 atom stereocenters. The Hall–Kier alpha value is -1.35. The van der Waals surface area contributed by atoms with Crippen LogP contribution < -0.4 is 11.1 Å². The lowest BCUT2D eigenvalue weighted by Crippen LogP contribution is -2.25. The van der Waals surface area contributed by atoms with Crippen LogP contribution in [0, 0.1) is 12.8 Å². The van der Waals surface area contributed by atoms with E-state index in [1.54, 1.807) is 0 Å². The number of rotatable bonds is 6. The Kier molecular flexibility index (Phi) is 5.70. The second-order valence-corrected chi connectivity index (χ2v) is 4.37. The van der Waals surface area contributed by atoms with Crippen molar-refractivity contribution in [3.63, 3.8) is 0 Å². The van der Waals surface area contributed by atoms with Crippen molar-refractivity contribution in [1.29, 1.82) is 0 Å². The van der Waals surface area contributed by atoms with E-state index in [4.69, 9.17) is 5.73 Å². The van der Waals surface area contributed by atoms with Gasteiger partial charge in [-0.3, -0.25) is 4.79 Å². The molecule has 1 aromatic carbocycles. The van der Waals surface area contributed by atoms with Crippen molar-refractivity contribution in [1.82, 2.24) is 0 Å². The lowest BCUT2D eigenvalue weighted by atomic mass is 9.98. The first-order valence-electron chi connectivity index (χ1n) is 6.25. The highest BCUT2D eigenvalue weighted by atomic mass is 16.1. The molecule has 0 saturated carbocycles. The minimum Gasteiger partial charge on any atom is -0.330 e. The monoisotopic (exact) mass is 234 g/mol. The molecule has 0 bridgehead atoms. The zero-order chi connectivity index (χ0) is 12.7. The third kappa shape index (κ3) is 4.19. The smallest absolute Gasteiger partial charge is 0.227 e. The second-order valence-electron chi connectivity index (χ2n) is 4.37. The standard InChI is InChI=1S/C14H22N2O/c1-3-6-12(9-10-15)14(17)16-13-8-5-4-7-11(13)2/h4-5,7-8,12H,3,6,9-10,15H2,1-2H3,(H,16,17). The van der Waals surface area contributed by atoms with E-state index in [1.807, 2.05) is 31.2 Å². The summed E-state index contributed by atoms with van der Waals surface area (Å²) in [6, 6.07) is 7.82. The molecule has 17 heavy (non-hydrogen) atoms. The summed E-state index contributed by atoms with van der Waals surface area (Å²) in [5.41, 5.74) is 7.53. The number of para-hydroxylation sites is 1. The summed E-state index contributed by atoms with van der Waals surface area (Å²) < 4.78 is 0. The van der Waals surface area contributed by atoms with Crippen LogP contribution in [0.5, 0.6) is 0 Å². The molecule has 3 N–H and O–H groups in total. The first-order chi connectivity index (χ1) is 8.19. The van der Waals surface area contributed by atoms with E-state index < -0.39 is 0 Å². The summed E-state index contributed by atoms with van der Waals surface area (Å²) in [6.07, 6.45) is 2.66. The van der Waals surface area contributed by atoms with Crippen molar-refractivity contribution in [3.05, 3.63) is 29.8 Å². The van der Waals surface area contributed by atoms with E-state index in [9.17, 15) is 4.79 Å². The molecule has 0 aliphatic rings. The van der Waals surface area contributed by atoms with Gasteiger partial charge in [-0.2, -0.15) is 0 Å². The number of anilines is 1. The Bertz CT molecular complexity index is 357. The van der Waals surface area contributed by atoms with Gasteiger partial charge in [-0.25, -0.2) is 0 Å². The normalized spacial score (nSPS) is 12.2. The number of amides is 1. The molecule has 1 unspecified atom stereocenters. The Morgan fingerprint density at radius 2 is 2.06 bits per heavy atom. The summed E-state index contributed by atoms with van der Waals surface area (Å²) >= 11 is 0. The fourth-order valence-corrected chi connectivity index (χ4v) is 1.90. The molecule has 0 heterocycles. The number of benzene rings is 1. The van der Waals surface area contributed by atoms with Gasteiger partial charge in [0, 0.05) is 11.6 Å². The van der Waals surface area contributed by atoms with E-state index in [1.165, 1.54) is 0 Å². The van der Waals surface area contributed by atoms with Crippen LogP contribution in [0.4, 0.5) is 5.69 Å². The van der Waals surface area contributed by atoms with Crippen LogP contribution in [0.2, 0.25) is 0 Å². The van der Waals surface area contributed by atoms with Gasteiger partial charge in [0.2, 0.25) is 5.91 Å². The molecule has 1 rings (SSSR count). The highest BCUT2D eigenvalue weighted by Gasteiger charge is 2.17. The Morgan fingerprint density at radius 3 is 2.65 bits per heavy atom. The summed E-state index contributed by atoms with van der Waals surface area (Å²) in [7, 11) is 0. The van der Waals surface area contributed by atoms with Gasteiger partial charge in [-0.1, -0.05) is 31.5 Å². The molecular formula is C14H22N2O. The lowest BCUT2D eigenvalue weighted by Gasteiger charge is -2.16. The maximum atomic E-state index is 12.1. The number of hydrogen-bond acceptors (Lipinski definition) is 2. The van der Waals surface area contributed by atoms with Crippen LogP contribution in [-0.2, 0) is 4.79 Å². The number of nitrogens with two attached hydrogens (primary N) is 1. The molecule has 0 aromatic heterocycles. The van der Waals surface area contributed by atoms with E-state index in [-0.39, 0.29) is 11.8 Å². The molecule has 1 amide bonds. The van der Waals surface area contributed by atoms with E-state index in [0.29, 0.717) is 6.54 Å². The van der Waals surface area contributed by atoms with Gasteiger partial charge in [-0.05, 0) is 37.9 Å². The van der Waals surface area contributed by atoms with Gasteiger partial charge in [0.05, 0.1) is 0 Å². The van der Waals surface area contributed by atoms with Crippen LogP contribution >= 0.6 is 0 Å². The molecule has 3 nitrogen and oxygen atoms in total. The summed E-state index contributed by atoms with van der Waals surface area (Å²) in [6.45, 7) is 4.64. The first-order valence-corrected chi connectivity index (χ1v) is 6.25. The molecule has 0 radical (unpaired) electrons. The molecule has 0 saturated heterocycles. The van der Waals surface area contributed by atoms with Gasteiger partial charge < -0.3 is 11.1 Å². The van der Waals surface area contributed by atoms with Crippen molar-refractivity contribution in [2.24, 2.45) is 11.7 Å². The predicted octanol–water partition coefficient (Wildman–Crippen LogP) is 2.70. The Balaban J connectivity index is 2.66. The molecule has 94 valence electrons. The Morgan fingerprint density at radius 1 is 1.35 bits per heavy atom. The maximum absolute atomic E-state index is 12.1. The number of hydrogen-bond donors (Lipinski definition) is 2. The molecule has 0 fully saturated rings. The minimum atomic E-state index is 0.0320. The summed E-state index contributed by atoms with van der Waals surface area (Å²) in [4.78, 5) is 12.1. The highest BCUT2D eigenvalue weighted by Crippen LogP contribution is 2.17. The molecular weight excluding hydrogens is 212 g/mol. The second kappa shape index (κ2) is 7.07. The molecule has 0 aliphatic carbocycles. The van der Waals surface area contributed by atoms with Gasteiger partial charge in [0.25, 0.3) is 0 Å². The summed E-state index contributed by atoms with van der Waals surface area (Å²) in [5.74, 6) is 0.121. The van der Waals surface area contributed by atoms with Gasteiger partial charge >= 0.3 is 0 Å². The lowest BCUT2D eigenvalue weighted by molar-refractivity contribution is -0.120. The molecule has 0 aliphatic heterocycles. The van der Waals surface area contributed by atoms with E-state index in [2.05, 4.69) is 12.2 Å². The minimum absolute atomic E-state index is 0.0320. The van der Waals surface area contributed by atoms with Crippen molar-refractivity contribution >= 4 is 11.6 Å². The third-order valence-corrected chi connectivity index (χ3v) is 2.93. The predicted molar refractivity (Wildman–Crippen MR) is 71.9 cm³/mol. The topological polar surface area (TPSA) is 55.1 Å². The van der Waals surface area contributed by atoms with Crippen LogP contribution in [0.25, 0.3) is 0 Å². The van der Waals surface area contributed by atoms with Gasteiger partial charge in [0.1, 0.15) is 0 Å². The van der Waals surface area contributed by atoms with Crippen molar-refractivity contribution < 1.29 is 4.79 Å². The fraction of sp³-hybridized carbons (Fsp3) is 0.500. The van der Waals surface area contributed by atoms with Gasteiger partial charge in [-0.15, -0.1) is 0 Å². The van der Waals surface area contributed by atoms with Crippen LogP contribution in [0.3, 0.4) is 0 Å². The quantitative estimate of drug-likeness (QED) is 0.795. The Labute approximate surface area is 103 Å². The van der Waals surface area contributed by atoms with Crippen molar-refractivity contribution in [2.75, 3.05) is 11.9 Å². The molecule has 3 heteroatoms. The SMILES string of the molecule is CCCC(CCN)C(=O)Nc1ccccc1C. The average Bonchev–Trinajstić information content (AvgIpc) is 2.32. The van der Waals surface area contributed by atoms with Gasteiger partial charge in [0.15, 0.2) is 0 Å². The zero-order valence-corrected chi connectivity index (χ0v) is 10.7. The zero-order valence-electron chi connectivity index (χ0n) is 10.7. The number of carbonyl (C=O) groups is 1. The van der Waals surface area contributed by atoms with Crippen LogP contribution in [0.1, 0.15) is 31.7 Å². The number of carbonyl (C=O) groups excluding carboxylic acids is 1. The molecule has 0 spiro atoms. The number of aryl methyl sites for hydroxylation is 1. The summed E-state index contributed by atoms with van der Waals surface area (Å²) in [5, 5.41) is 2.99. The fourth-order valence-electron chi connectivity index (χ4n) is 1.90. The van der Waals surface area contributed by atoms with Crippen molar-refractivity contribution in [3.8, 4) is 0 Å². The van der Waals surface area contributed by atoms with Crippen molar-refractivity contribution in [2.45, 2.75) is 33.1 Å². The van der Waals surface area contributed by atoms with Crippen LogP contribution in [0.15, 0.2) is 24.3 Å². The van der Waals surface area contributed by atoms with Crippen LogP contribution in [-0.4, -0.2) is 12.5 Å². The third-order valence-electron chi connectivity index (χ3n) is 2.93. The maximum Gasteiger partial charge on any atom is 0.227 e. The first kappa shape index (κ1) is 13.7. The van der Waals surface area contributed by atoms with E-state index in [0.717, 1.165) is 30.5 Å².